The van der Waals surface area contributed by atoms with Crippen LogP contribution in [0.15, 0.2) is 267 Å². The summed E-state index contributed by atoms with van der Waals surface area (Å²) in [5.41, 5.74) is 19.1. The van der Waals surface area contributed by atoms with Crippen molar-refractivity contribution in [3.63, 3.8) is 0 Å². The molecule has 0 spiro atoms. The minimum Gasteiger partial charge on any atom is -0.310 e. The Morgan fingerprint density at radius 1 is 0.282 bits per heavy atom. The second-order valence-electron chi connectivity index (χ2n) is 19.3. The van der Waals surface area contributed by atoms with Gasteiger partial charge in [0, 0.05) is 44.3 Å². The SMILES string of the molecule is CC1(C)c2ccccc2-c2ccc(N(c3ccc(-c4c5ccccc5c(N(c5ccc(-c6ccccc6)cc5)c5cccc(-c6ccccc6)c5)c5ccccc45)cc3)c3cccc4ccccc34)cc21. The lowest BCUT2D eigenvalue weighted by Crippen LogP contribution is -2.16. The summed E-state index contributed by atoms with van der Waals surface area (Å²) in [4.78, 5) is 4.92. The van der Waals surface area contributed by atoms with Crippen LogP contribution in [0.5, 0.6) is 0 Å². The van der Waals surface area contributed by atoms with Gasteiger partial charge in [0.2, 0.25) is 0 Å². The van der Waals surface area contributed by atoms with Crippen LogP contribution in [0.1, 0.15) is 25.0 Å². The molecule has 0 heterocycles. The van der Waals surface area contributed by atoms with Gasteiger partial charge in [-0.1, -0.05) is 226 Å². The van der Waals surface area contributed by atoms with Crippen molar-refractivity contribution in [3.8, 4) is 44.5 Å². The van der Waals surface area contributed by atoms with Gasteiger partial charge in [0.1, 0.15) is 0 Å². The molecule has 0 atom stereocenters. The van der Waals surface area contributed by atoms with Crippen LogP contribution >= 0.6 is 0 Å². The van der Waals surface area contributed by atoms with E-state index in [4.69, 9.17) is 0 Å². The zero-order chi connectivity index (χ0) is 47.5. The minimum absolute atomic E-state index is 0.129. The van der Waals surface area contributed by atoms with E-state index in [1.807, 2.05) is 0 Å². The predicted molar refractivity (Wildman–Crippen MR) is 302 cm³/mol. The molecule has 0 fully saturated rings. The van der Waals surface area contributed by atoms with Gasteiger partial charge in [-0.15, -0.1) is 0 Å². The van der Waals surface area contributed by atoms with E-state index in [1.54, 1.807) is 0 Å². The van der Waals surface area contributed by atoms with Crippen LogP contribution in [-0.2, 0) is 5.41 Å². The summed E-state index contributed by atoms with van der Waals surface area (Å²) in [5.74, 6) is 0. The van der Waals surface area contributed by atoms with Gasteiger partial charge in [0.05, 0.1) is 11.4 Å². The van der Waals surface area contributed by atoms with Crippen molar-refractivity contribution in [2.75, 3.05) is 9.80 Å². The first kappa shape index (κ1) is 42.1. The second-order valence-corrected chi connectivity index (χ2v) is 19.3. The number of rotatable bonds is 9. The van der Waals surface area contributed by atoms with Crippen LogP contribution < -0.4 is 9.80 Å². The Hall–Kier alpha value is -8.98. The number of anilines is 6. The minimum atomic E-state index is -0.129. The zero-order valence-corrected chi connectivity index (χ0v) is 39.8. The molecule has 0 unspecified atom stereocenters. The highest BCUT2D eigenvalue weighted by molar-refractivity contribution is 6.22. The van der Waals surface area contributed by atoms with Crippen LogP contribution in [-0.4, -0.2) is 0 Å². The van der Waals surface area contributed by atoms with E-state index >= 15 is 0 Å². The normalized spacial score (nSPS) is 12.5. The number of nitrogens with zero attached hydrogens (tertiary/aromatic N) is 2. The molecular weight excluding hydrogens is 857 g/mol. The first-order valence-corrected chi connectivity index (χ1v) is 24.7. The number of hydrogen-bond donors (Lipinski definition) is 0. The highest BCUT2D eigenvalue weighted by atomic mass is 15.2. The van der Waals surface area contributed by atoms with E-state index in [0.717, 1.165) is 34.1 Å². The molecule has 12 aromatic rings. The molecule has 0 aromatic heterocycles. The third-order valence-electron chi connectivity index (χ3n) is 14.8. The third-order valence-corrected chi connectivity index (χ3v) is 14.8. The van der Waals surface area contributed by atoms with Crippen molar-refractivity contribution in [2.24, 2.45) is 0 Å². The van der Waals surface area contributed by atoms with Crippen LogP contribution in [0, 0.1) is 0 Å². The molecule has 1 aliphatic rings. The van der Waals surface area contributed by atoms with Crippen molar-refractivity contribution in [2.45, 2.75) is 19.3 Å². The Bertz CT molecular complexity index is 3880. The third kappa shape index (κ3) is 7.18. The van der Waals surface area contributed by atoms with Crippen molar-refractivity contribution >= 4 is 66.4 Å². The van der Waals surface area contributed by atoms with Gasteiger partial charge in [0.25, 0.3) is 0 Å². The highest BCUT2D eigenvalue weighted by Crippen LogP contribution is 2.52. The Morgan fingerprint density at radius 3 is 1.44 bits per heavy atom. The largest absolute Gasteiger partial charge is 0.310 e. The van der Waals surface area contributed by atoms with Crippen LogP contribution in [0.25, 0.3) is 76.8 Å². The van der Waals surface area contributed by atoms with Crippen molar-refractivity contribution in [3.05, 3.63) is 278 Å². The molecule has 0 bridgehead atoms. The van der Waals surface area contributed by atoms with Crippen LogP contribution in [0.2, 0.25) is 0 Å². The van der Waals surface area contributed by atoms with Crippen molar-refractivity contribution < 1.29 is 0 Å². The van der Waals surface area contributed by atoms with E-state index in [1.165, 1.54) is 88.0 Å². The maximum absolute atomic E-state index is 2.47. The number of benzene rings is 12. The molecule has 12 aromatic carbocycles. The molecule has 0 amide bonds. The van der Waals surface area contributed by atoms with Crippen molar-refractivity contribution in [1.82, 2.24) is 0 Å². The van der Waals surface area contributed by atoms with Gasteiger partial charge in [-0.3, -0.25) is 0 Å². The summed E-state index contributed by atoms with van der Waals surface area (Å²) in [6, 6.07) is 98.0. The first-order valence-electron chi connectivity index (χ1n) is 24.7. The summed E-state index contributed by atoms with van der Waals surface area (Å²) < 4.78 is 0. The maximum Gasteiger partial charge on any atom is 0.0618 e. The molecule has 0 saturated heterocycles. The Balaban J connectivity index is 0.984. The van der Waals surface area contributed by atoms with E-state index in [2.05, 4.69) is 291 Å². The molecule has 0 radical (unpaired) electrons. The van der Waals surface area contributed by atoms with E-state index in [0.29, 0.717) is 0 Å². The first-order chi connectivity index (χ1) is 35.0. The molecule has 71 heavy (non-hydrogen) atoms. The average molecular weight is 907 g/mol. The predicted octanol–water partition coefficient (Wildman–Crippen LogP) is 19.4. The Labute approximate surface area is 416 Å². The molecule has 0 saturated carbocycles. The monoisotopic (exact) mass is 906 g/mol. The topological polar surface area (TPSA) is 6.48 Å². The molecule has 1 aliphatic carbocycles. The molecule has 0 N–H and O–H groups in total. The summed E-state index contributed by atoms with van der Waals surface area (Å²) in [7, 11) is 0. The summed E-state index contributed by atoms with van der Waals surface area (Å²) in [6.07, 6.45) is 0. The molecule has 0 aliphatic heterocycles. The van der Waals surface area contributed by atoms with Crippen LogP contribution in [0.4, 0.5) is 34.1 Å². The van der Waals surface area contributed by atoms with Gasteiger partial charge in [-0.05, 0) is 126 Å². The standard InChI is InChI=1S/C69H50N2/c1-69(2)64-33-16-15-28-58(64)59-44-43-56(46-65(59)69)70(66-34-18-24-50-23-9-10-27-57(50)66)53-41-37-51(38-42-53)67-60-29-11-13-31-62(60)68(63-32-14-12-30-61(63)67)71(54-39-35-49(36-40-54)47-19-5-3-6-20-47)55-26-17-25-52(45-55)48-21-7-4-8-22-48/h3-46H,1-2H3. The summed E-state index contributed by atoms with van der Waals surface area (Å²) in [6.45, 7) is 4.72. The van der Waals surface area contributed by atoms with Crippen LogP contribution in [0.3, 0.4) is 0 Å². The van der Waals surface area contributed by atoms with Gasteiger partial charge in [-0.2, -0.15) is 0 Å². The molecule has 336 valence electrons. The lowest BCUT2D eigenvalue weighted by atomic mass is 9.82. The fraction of sp³-hybridized carbons (Fsp3) is 0.0435. The second kappa shape index (κ2) is 17.2. The van der Waals surface area contributed by atoms with Gasteiger partial charge >= 0.3 is 0 Å². The number of hydrogen-bond acceptors (Lipinski definition) is 2. The van der Waals surface area contributed by atoms with Crippen molar-refractivity contribution in [1.29, 1.82) is 0 Å². The number of fused-ring (bicyclic) bond motifs is 6. The average Bonchev–Trinajstić information content (AvgIpc) is 3.67. The maximum atomic E-state index is 2.47. The lowest BCUT2D eigenvalue weighted by Gasteiger charge is -2.30. The van der Waals surface area contributed by atoms with Gasteiger partial charge in [0.15, 0.2) is 0 Å². The molecular formula is C69H50N2. The fourth-order valence-corrected chi connectivity index (χ4v) is 11.4. The summed E-state index contributed by atoms with van der Waals surface area (Å²) >= 11 is 0. The zero-order valence-electron chi connectivity index (χ0n) is 39.8. The summed E-state index contributed by atoms with van der Waals surface area (Å²) in [5, 5.41) is 7.19. The molecule has 2 heteroatoms. The Kier molecular flexibility index (Phi) is 10.2. The lowest BCUT2D eigenvalue weighted by molar-refractivity contribution is 0.660. The van der Waals surface area contributed by atoms with E-state index in [9.17, 15) is 0 Å². The Morgan fingerprint density at radius 2 is 0.746 bits per heavy atom. The smallest absolute Gasteiger partial charge is 0.0618 e. The molecule has 13 rings (SSSR count). The van der Waals surface area contributed by atoms with E-state index in [-0.39, 0.29) is 5.41 Å². The highest BCUT2D eigenvalue weighted by Gasteiger charge is 2.36. The van der Waals surface area contributed by atoms with Gasteiger partial charge in [-0.25, -0.2) is 0 Å². The quantitative estimate of drug-likeness (QED) is 0.133. The van der Waals surface area contributed by atoms with Gasteiger partial charge < -0.3 is 9.80 Å². The molecule has 2 nitrogen and oxygen atoms in total. The van der Waals surface area contributed by atoms with E-state index < -0.39 is 0 Å². The fourth-order valence-electron chi connectivity index (χ4n) is 11.4.